The van der Waals surface area contributed by atoms with Gasteiger partial charge >= 0.3 is 11.9 Å². The van der Waals surface area contributed by atoms with Gasteiger partial charge in [-0.25, -0.2) is 4.98 Å². The lowest BCUT2D eigenvalue weighted by Gasteiger charge is -2.38. The van der Waals surface area contributed by atoms with E-state index in [-0.39, 0.29) is 6.61 Å². The summed E-state index contributed by atoms with van der Waals surface area (Å²) in [4.78, 5) is 29.3. The highest BCUT2D eigenvalue weighted by atomic mass is 16.7. The number of hydrogen-bond acceptors (Lipinski definition) is 9. The largest absolute Gasteiger partial charge is 0.463 e. The van der Waals surface area contributed by atoms with Crippen LogP contribution in [0.2, 0.25) is 0 Å². The Morgan fingerprint density at radius 2 is 1.94 bits per heavy atom. The fourth-order valence-electron chi connectivity index (χ4n) is 3.82. The van der Waals surface area contributed by atoms with Crippen molar-refractivity contribution in [2.75, 3.05) is 20.2 Å². The van der Waals surface area contributed by atoms with Crippen LogP contribution in [0.5, 0.6) is 5.88 Å². The summed E-state index contributed by atoms with van der Waals surface area (Å²) < 4.78 is 22.1. The van der Waals surface area contributed by atoms with Gasteiger partial charge in [-0.1, -0.05) is 25.3 Å². The Bertz CT molecular complexity index is 754. The number of ether oxygens (including phenoxy) is 4. The van der Waals surface area contributed by atoms with Gasteiger partial charge in [-0.3, -0.25) is 14.5 Å². The van der Waals surface area contributed by atoms with E-state index in [1.165, 1.54) is 39.5 Å². The van der Waals surface area contributed by atoms with Crippen LogP contribution in [0.25, 0.3) is 0 Å². The number of likely N-dealkylation sites (tertiary alicyclic amines) is 1. The number of carbonyl (C=O) groups excluding carboxylic acids is 2. The molecule has 9 nitrogen and oxygen atoms in total. The molecule has 0 aromatic carbocycles. The van der Waals surface area contributed by atoms with Gasteiger partial charge in [0.15, 0.2) is 6.10 Å². The Morgan fingerprint density at radius 3 is 2.47 bits per heavy atom. The third-order valence-electron chi connectivity index (χ3n) is 5.58. The van der Waals surface area contributed by atoms with E-state index in [2.05, 4.69) is 16.9 Å². The number of esters is 2. The summed E-state index contributed by atoms with van der Waals surface area (Å²) in [5.74, 6) is -0.540. The SMILES string of the molecule is C1CC1.CC(=O)OCC1CC(N)C(OC(C)=O)C(Oc2ccc(C3CCCN3C)cn2)O1. The van der Waals surface area contributed by atoms with Gasteiger partial charge in [0.1, 0.15) is 6.61 Å². The molecule has 1 saturated carbocycles. The van der Waals surface area contributed by atoms with E-state index in [4.69, 9.17) is 24.7 Å². The summed E-state index contributed by atoms with van der Waals surface area (Å²) >= 11 is 0. The normalized spacial score (nSPS) is 29.4. The van der Waals surface area contributed by atoms with Gasteiger partial charge < -0.3 is 24.7 Å². The topological polar surface area (TPSA) is 113 Å². The quantitative estimate of drug-likeness (QED) is 0.654. The minimum Gasteiger partial charge on any atom is -0.463 e. The predicted molar refractivity (Wildman–Crippen MR) is 117 cm³/mol. The van der Waals surface area contributed by atoms with Crippen LogP contribution >= 0.6 is 0 Å². The number of pyridine rings is 1. The Balaban J connectivity index is 0.000000887. The fourth-order valence-corrected chi connectivity index (χ4v) is 3.82. The zero-order valence-electron chi connectivity index (χ0n) is 19.2. The second-order valence-corrected chi connectivity index (χ2v) is 8.65. The van der Waals surface area contributed by atoms with Crippen LogP contribution in [0.15, 0.2) is 18.3 Å². The number of rotatable bonds is 6. The number of nitrogens with two attached hydrogens (primary N) is 1. The lowest BCUT2D eigenvalue weighted by Crippen LogP contribution is -2.57. The van der Waals surface area contributed by atoms with Gasteiger partial charge in [0.2, 0.25) is 12.2 Å². The molecule has 1 aromatic rings. The predicted octanol–water partition coefficient (Wildman–Crippen LogP) is 2.33. The van der Waals surface area contributed by atoms with Crippen LogP contribution in [0.4, 0.5) is 0 Å². The molecule has 2 saturated heterocycles. The molecule has 3 fully saturated rings. The molecule has 1 aromatic heterocycles. The summed E-state index contributed by atoms with van der Waals surface area (Å²) in [5.41, 5.74) is 7.31. The Hall–Kier alpha value is -2.23. The third-order valence-corrected chi connectivity index (χ3v) is 5.58. The Morgan fingerprint density at radius 1 is 1.19 bits per heavy atom. The summed E-state index contributed by atoms with van der Waals surface area (Å²) in [7, 11) is 2.10. The molecule has 0 amide bonds. The highest BCUT2D eigenvalue weighted by molar-refractivity contribution is 5.66. The van der Waals surface area contributed by atoms with Crippen LogP contribution in [-0.2, 0) is 23.8 Å². The number of aromatic nitrogens is 1. The van der Waals surface area contributed by atoms with E-state index in [9.17, 15) is 9.59 Å². The van der Waals surface area contributed by atoms with Crippen LogP contribution in [0.1, 0.15) is 64.0 Å². The van der Waals surface area contributed by atoms with Gasteiger partial charge in [-0.2, -0.15) is 0 Å². The fraction of sp³-hybridized carbons (Fsp3) is 0.696. The summed E-state index contributed by atoms with van der Waals surface area (Å²) in [6.07, 6.45) is 6.73. The van der Waals surface area contributed by atoms with E-state index < -0.39 is 36.5 Å². The van der Waals surface area contributed by atoms with Gasteiger partial charge in [0.25, 0.3) is 0 Å². The maximum absolute atomic E-state index is 11.5. The molecule has 2 N–H and O–H groups in total. The van der Waals surface area contributed by atoms with E-state index in [0.29, 0.717) is 18.3 Å². The number of nitrogens with zero attached hydrogens (tertiary/aromatic N) is 2. The molecule has 32 heavy (non-hydrogen) atoms. The average molecular weight is 450 g/mol. The molecule has 9 heteroatoms. The van der Waals surface area contributed by atoms with Gasteiger partial charge in [0.05, 0.1) is 12.1 Å². The molecule has 0 spiro atoms. The zero-order chi connectivity index (χ0) is 23.1. The Labute approximate surface area is 189 Å². The third kappa shape index (κ3) is 7.43. The summed E-state index contributed by atoms with van der Waals surface area (Å²) in [5, 5.41) is 0. The first-order chi connectivity index (χ1) is 15.3. The van der Waals surface area contributed by atoms with Crippen molar-refractivity contribution >= 4 is 11.9 Å². The number of hydrogen-bond donors (Lipinski definition) is 1. The van der Waals surface area contributed by atoms with Crippen molar-refractivity contribution in [3.8, 4) is 5.88 Å². The highest BCUT2D eigenvalue weighted by Gasteiger charge is 2.41. The molecule has 178 valence electrons. The molecule has 3 heterocycles. The second kappa shape index (κ2) is 11.6. The lowest BCUT2D eigenvalue weighted by molar-refractivity contribution is -0.228. The maximum atomic E-state index is 11.5. The second-order valence-electron chi connectivity index (χ2n) is 8.65. The minimum absolute atomic E-state index is 0.0517. The number of carbonyl (C=O) groups is 2. The van der Waals surface area contributed by atoms with Crippen LogP contribution in [0, 0.1) is 0 Å². The van der Waals surface area contributed by atoms with Crippen LogP contribution < -0.4 is 10.5 Å². The van der Waals surface area contributed by atoms with Crippen molar-refractivity contribution in [2.24, 2.45) is 5.73 Å². The van der Waals surface area contributed by atoms with E-state index in [1.807, 2.05) is 6.07 Å². The minimum atomic E-state index is -0.948. The van der Waals surface area contributed by atoms with Gasteiger partial charge in [-0.05, 0) is 38.4 Å². The average Bonchev–Trinajstić information content (AvgIpc) is 3.57. The lowest BCUT2D eigenvalue weighted by atomic mass is 10.0. The molecule has 0 bridgehead atoms. The first-order valence-corrected chi connectivity index (χ1v) is 11.4. The molecule has 5 atom stereocenters. The molecule has 2 aliphatic heterocycles. The first kappa shape index (κ1) is 24.4. The standard InChI is InChI=1S/C20H29N3O6.C3H6/c1-12(24)26-11-15-9-16(21)19(27-13(2)25)20(28-15)29-18-7-6-14(10-22-18)17-5-4-8-23(17)3;1-2-3-1/h6-7,10,15-17,19-20H,4-5,8-9,11,21H2,1-3H3;1-3H2. The van der Waals surface area contributed by atoms with E-state index in [1.54, 1.807) is 12.3 Å². The molecule has 1 aliphatic carbocycles. The monoisotopic (exact) mass is 449 g/mol. The van der Waals surface area contributed by atoms with Crippen molar-refractivity contribution in [2.45, 2.75) is 83.0 Å². The highest BCUT2D eigenvalue weighted by Crippen LogP contribution is 2.31. The van der Waals surface area contributed by atoms with Crippen molar-refractivity contribution in [1.82, 2.24) is 9.88 Å². The van der Waals surface area contributed by atoms with E-state index in [0.717, 1.165) is 18.5 Å². The van der Waals surface area contributed by atoms with Crippen molar-refractivity contribution in [3.63, 3.8) is 0 Å². The molecule has 5 unspecified atom stereocenters. The van der Waals surface area contributed by atoms with Crippen LogP contribution in [-0.4, -0.2) is 66.6 Å². The maximum Gasteiger partial charge on any atom is 0.303 e. The van der Waals surface area contributed by atoms with Crippen molar-refractivity contribution in [1.29, 1.82) is 0 Å². The molecule has 0 radical (unpaired) electrons. The zero-order valence-corrected chi connectivity index (χ0v) is 19.2. The van der Waals surface area contributed by atoms with Gasteiger partial charge in [-0.15, -0.1) is 0 Å². The molecular formula is C23H35N3O6. The molecule has 3 aliphatic rings. The van der Waals surface area contributed by atoms with Crippen molar-refractivity contribution in [3.05, 3.63) is 23.9 Å². The van der Waals surface area contributed by atoms with Crippen molar-refractivity contribution < 1.29 is 28.5 Å². The van der Waals surface area contributed by atoms with Gasteiger partial charge in [0, 0.05) is 32.2 Å². The molecule has 4 rings (SSSR count). The molecular weight excluding hydrogens is 414 g/mol. The Kier molecular flexibility index (Phi) is 8.84. The van der Waals surface area contributed by atoms with Crippen LogP contribution in [0.3, 0.4) is 0 Å². The summed E-state index contributed by atoms with van der Waals surface area (Å²) in [6.45, 7) is 3.76. The summed E-state index contributed by atoms with van der Waals surface area (Å²) in [6, 6.07) is 3.59. The van der Waals surface area contributed by atoms with E-state index >= 15 is 0 Å². The smallest absolute Gasteiger partial charge is 0.303 e. The first-order valence-electron chi connectivity index (χ1n) is 11.4.